The number of aryl methyl sites for hydroxylation is 1. The summed E-state index contributed by atoms with van der Waals surface area (Å²) in [6, 6.07) is 7.47. The fraction of sp³-hybridized carbons (Fsp3) is 0.250. The highest BCUT2D eigenvalue weighted by molar-refractivity contribution is 8.00. The highest BCUT2D eigenvalue weighted by Crippen LogP contribution is 2.21. The Morgan fingerprint density at radius 1 is 1.50 bits per heavy atom. The zero-order chi connectivity index (χ0) is 13.0. The smallest absolute Gasteiger partial charge is 0.150 e. The van der Waals surface area contributed by atoms with Crippen LogP contribution in [-0.4, -0.2) is 26.3 Å². The van der Waals surface area contributed by atoms with Crippen molar-refractivity contribution in [2.75, 3.05) is 5.75 Å². The summed E-state index contributed by atoms with van der Waals surface area (Å²) in [7, 11) is 1.78. The Morgan fingerprint density at radius 2 is 2.33 bits per heavy atom. The molecule has 0 fully saturated rings. The molecule has 1 aromatic heterocycles. The number of rotatable bonds is 5. The van der Waals surface area contributed by atoms with Crippen LogP contribution in [0.15, 0.2) is 35.5 Å². The maximum absolute atomic E-state index is 11.8. The van der Waals surface area contributed by atoms with Crippen molar-refractivity contribution in [3.63, 3.8) is 0 Å². The second-order valence-corrected chi connectivity index (χ2v) is 5.25. The molecule has 0 aliphatic carbocycles. The molecule has 1 heterocycles. The van der Waals surface area contributed by atoms with E-state index in [1.807, 2.05) is 24.3 Å². The lowest BCUT2D eigenvalue weighted by molar-refractivity contribution is -0.116. The van der Waals surface area contributed by atoms with E-state index in [4.69, 9.17) is 11.6 Å². The van der Waals surface area contributed by atoms with Gasteiger partial charge in [0.05, 0.1) is 12.2 Å². The molecule has 0 N–H and O–H groups in total. The van der Waals surface area contributed by atoms with Crippen LogP contribution >= 0.6 is 23.4 Å². The third-order valence-electron chi connectivity index (χ3n) is 2.36. The minimum atomic E-state index is 0.121. The fourth-order valence-corrected chi connectivity index (χ4v) is 2.50. The quantitative estimate of drug-likeness (QED) is 0.790. The summed E-state index contributed by atoms with van der Waals surface area (Å²) in [6.07, 6.45) is 1.76. The SMILES string of the molecule is Cn1ncnc1CC(=O)CSc1cccc(Cl)c1. The van der Waals surface area contributed by atoms with E-state index in [1.54, 1.807) is 11.7 Å². The van der Waals surface area contributed by atoms with E-state index in [0.717, 1.165) is 4.90 Å². The van der Waals surface area contributed by atoms with Gasteiger partial charge in [0.2, 0.25) is 0 Å². The monoisotopic (exact) mass is 281 g/mol. The molecular weight excluding hydrogens is 270 g/mol. The van der Waals surface area contributed by atoms with Crippen LogP contribution in [0, 0.1) is 0 Å². The predicted molar refractivity (Wildman–Crippen MR) is 71.9 cm³/mol. The van der Waals surface area contributed by atoms with Gasteiger partial charge in [-0.15, -0.1) is 11.8 Å². The number of hydrogen-bond acceptors (Lipinski definition) is 4. The molecule has 0 radical (unpaired) electrons. The second kappa shape index (κ2) is 6.02. The lowest BCUT2D eigenvalue weighted by atomic mass is 10.3. The van der Waals surface area contributed by atoms with Gasteiger partial charge in [0.1, 0.15) is 12.2 Å². The topological polar surface area (TPSA) is 47.8 Å². The molecule has 0 saturated heterocycles. The molecule has 4 nitrogen and oxygen atoms in total. The van der Waals surface area contributed by atoms with Crippen molar-refractivity contribution in [1.82, 2.24) is 14.8 Å². The normalized spacial score (nSPS) is 10.6. The Balaban J connectivity index is 1.87. The molecule has 0 atom stereocenters. The van der Waals surface area contributed by atoms with Crippen molar-refractivity contribution in [3.05, 3.63) is 41.4 Å². The Morgan fingerprint density at radius 3 is 3.00 bits per heavy atom. The first-order valence-corrected chi connectivity index (χ1v) is 6.74. The molecule has 2 rings (SSSR count). The van der Waals surface area contributed by atoms with Crippen LogP contribution < -0.4 is 0 Å². The first-order chi connectivity index (χ1) is 8.65. The second-order valence-electron chi connectivity index (χ2n) is 3.76. The third kappa shape index (κ3) is 3.58. The van der Waals surface area contributed by atoms with Gasteiger partial charge in [0, 0.05) is 17.0 Å². The summed E-state index contributed by atoms with van der Waals surface area (Å²) in [6.45, 7) is 0. The van der Waals surface area contributed by atoms with Crippen molar-refractivity contribution in [2.24, 2.45) is 7.05 Å². The summed E-state index contributed by atoms with van der Waals surface area (Å²) < 4.78 is 1.61. The molecule has 0 spiro atoms. The predicted octanol–water partition coefficient (Wildman–Crippen LogP) is 2.37. The molecular formula is C12H12ClN3OS. The first kappa shape index (κ1) is 13.1. The summed E-state index contributed by atoms with van der Waals surface area (Å²) in [5.74, 6) is 1.22. The van der Waals surface area contributed by atoms with Crippen LogP contribution in [0.5, 0.6) is 0 Å². The lowest BCUT2D eigenvalue weighted by Crippen LogP contribution is -2.10. The van der Waals surface area contributed by atoms with Gasteiger partial charge < -0.3 is 0 Å². The fourth-order valence-electron chi connectivity index (χ4n) is 1.43. The Labute approximate surface area is 114 Å². The standard InChI is InChI=1S/C12H12ClN3OS/c1-16-12(14-8-15-16)6-10(17)7-18-11-4-2-3-9(13)5-11/h2-5,8H,6-7H2,1H3. The van der Waals surface area contributed by atoms with E-state index in [1.165, 1.54) is 18.1 Å². The molecule has 18 heavy (non-hydrogen) atoms. The van der Waals surface area contributed by atoms with Gasteiger partial charge in [-0.3, -0.25) is 9.48 Å². The molecule has 0 aliphatic heterocycles. The number of Topliss-reactive ketones (excluding diaryl/α,β-unsaturated/α-hetero) is 1. The minimum Gasteiger partial charge on any atom is -0.298 e. The maximum Gasteiger partial charge on any atom is 0.150 e. The van der Waals surface area contributed by atoms with Gasteiger partial charge in [0.25, 0.3) is 0 Å². The van der Waals surface area contributed by atoms with Gasteiger partial charge >= 0.3 is 0 Å². The van der Waals surface area contributed by atoms with E-state index in [0.29, 0.717) is 23.0 Å². The zero-order valence-electron chi connectivity index (χ0n) is 9.84. The number of carbonyl (C=O) groups is 1. The third-order valence-corrected chi connectivity index (χ3v) is 3.65. The van der Waals surface area contributed by atoms with Gasteiger partial charge in [-0.1, -0.05) is 17.7 Å². The number of benzene rings is 1. The van der Waals surface area contributed by atoms with Crippen LogP contribution in [0.3, 0.4) is 0 Å². The molecule has 0 unspecified atom stereocenters. The van der Waals surface area contributed by atoms with E-state index in [-0.39, 0.29) is 5.78 Å². The molecule has 2 aromatic rings. The van der Waals surface area contributed by atoms with E-state index in [2.05, 4.69) is 10.1 Å². The average molecular weight is 282 g/mol. The maximum atomic E-state index is 11.8. The van der Waals surface area contributed by atoms with Crippen LogP contribution in [0.2, 0.25) is 5.02 Å². The Bertz CT molecular complexity index is 556. The van der Waals surface area contributed by atoms with Crippen molar-refractivity contribution >= 4 is 29.1 Å². The number of carbonyl (C=O) groups excluding carboxylic acids is 1. The lowest BCUT2D eigenvalue weighted by Gasteiger charge is -2.02. The molecule has 6 heteroatoms. The van der Waals surface area contributed by atoms with E-state index >= 15 is 0 Å². The van der Waals surface area contributed by atoms with Crippen molar-refractivity contribution in [3.8, 4) is 0 Å². The highest BCUT2D eigenvalue weighted by Gasteiger charge is 2.09. The van der Waals surface area contributed by atoms with Gasteiger partial charge in [-0.2, -0.15) is 5.10 Å². The van der Waals surface area contributed by atoms with Crippen molar-refractivity contribution in [2.45, 2.75) is 11.3 Å². The van der Waals surface area contributed by atoms with Gasteiger partial charge in [0.15, 0.2) is 5.78 Å². The van der Waals surface area contributed by atoms with Gasteiger partial charge in [-0.05, 0) is 18.2 Å². The minimum absolute atomic E-state index is 0.121. The molecule has 1 aromatic carbocycles. The van der Waals surface area contributed by atoms with Crippen LogP contribution in [-0.2, 0) is 18.3 Å². The summed E-state index contributed by atoms with van der Waals surface area (Å²) in [4.78, 5) is 16.8. The van der Waals surface area contributed by atoms with Crippen LogP contribution in [0.25, 0.3) is 0 Å². The largest absolute Gasteiger partial charge is 0.298 e. The van der Waals surface area contributed by atoms with E-state index in [9.17, 15) is 4.79 Å². The number of halogens is 1. The molecule has 94 valence electrons. The van der Waals surface area contributed by atoms with Crippen molar-refractivity contribution in [1.29, 1.82) is 0 Å². The number of thioether (sulfide) groups is 1. The molecule has 0 bridgehead atoms. The van der Waals surface area contributed by atoms with E-state index < -0.39 is 0 Å². The number of aromatic nitrogens is 3. The van der Waals surface area contributed by atoms with Crippen LogP contribution in [0.4, 0.5) is 0 Å². The summed E-state index contributed by atoms with van der Waals surface area (Å²) >= 11 is 7.36. The number of hydrogen-bond donors (Lipinski definition) is 0. The molecule has 0 saturated carbocycles. The first-order valence-electron chi connectivity index (χ1n) is 5.38. The van der Waals surface area contributed by atoms with Crippen LogP contribution in [0.1, 0.15) is 5.82 Å². The average Bonchev–Trinajstić information content (AvgIpc) is 2.73. The zero-order valence-corrected chi connectivity index (χ0v) is 11.4. The highest BCUT2D eigenvalue weighted by atomic mass is 35.5. The van der Waals surface area contributed by atoms with Crippen molar-refractivity contribution < 1.29 is 4.79 Å². The Hall–Kier alpha value is -1.33. The number of ketones is 1. The summed E-state index contributed by atoms with van der Waals surface area (Å²) in [5.41, 5.74) is 0. The number of nitrogens with zero attached hydrogens (tertiary/aromatic N) is 3. The summed E-state index contributed by atoms with van der Waals surface area (Å²) in [5, 5.41) is 4.61. The Kier molecular flexibility index (Phi) is 4.38. The molecule has 0 aliphatic rings. The van der Waals surface area contributed by atoms with Gasteiger partial charge in [-0.25, -0.2) is 4.98 Å². The molecule has 0 amide bonds.